The zero-order chi connectivity index (χ0) is 19.3. The molecular weight excluding hydrogens is 357 g/mol. The van der Waals surface area contributed by atoms with Crippen LogP contribution >= 0.6 is 0 Å². The quantitative estimate of drug-likeness (QED) is 0.719. The number of rotatable bonds is 2. The Morgan fingerprint density at radius 3 is 2.67 bits per heavy atom. The normalized spacial score (nSPS) is 16.7. The van der Waals surface area contributed by atoms with E-state index in [9.17, 15) is 18.3 Å². The van der Waals surface area contributed by atoms with Crippen molar-refractivity contribution in [3.63, 3.8) is 0 Å². The summed E-state index contributed by atoms with van der Waals surface area (Å²) < 4.78 is 40.4. The molecule has 8 heteroatoms. The molecule has 0 spiro atoms. The number of halogens is 3. The maximum Gasteiger partial charge on any atom is 0.416 e. The van der Waals surface area contributed by atoms with Crippen molar-refractivity contribution in [2.75, 3.05) is 0 Å². The van der Waals surface area contributed by atoms with Crippen LogP contribution in [0.25, 0.3) is 22.3 Å². The second-order valence-electron chi connectivity index (χ2n) is 6.48. The summed E-state index contributed by atoms with van der Waals surface area (Å²) in [5.41, 5.74) is 1.09. The van der Waals surface area contributed by atoms with Crippen LogP contribution in [0.2, 0.25) is 0 Å². The average molecular weight is 370 g/mol. The molecule has 2 heterocycles. The van der Waals surface area contributed by atoms with Crippen molar-refractivity contribution < 1.29 is 18.3 Å². The second-order valence-corrected chi connectivity index (χ2v) is 6.48. The van der Waals surface area contributed by atoms with Gasteiger partial charge in [-0.2, -0.15) is 23.5 Å². The van der Waals surface area contributed by atoms with Crippen LogP contribution in [0.4, 0.5) is 13.2 Å². The van der Waals surface area contributed by atoms with Gasteiger partial charge in [0.05, 0.1) is 23.4 Å². The number of nitriles is 1. The molecule has 1 aliphatic carbocycles. The van der Waals surface area contributed by atoms with Crippen molar-refractivity contribution in [3.8, 4) is 23.1 Å². The fourth-order valence-corrected chi connectivity index (χ4v) is 3.17. The summed E-state index contributed by atoms with van der Waals surface area (Å²) in [7, 11) is 0. The topological polar surface area (TPSA) is 74.7 Å². The minimum absolute atomic E-state index is 0.00138. The van der Waals surface area contributed by atoms with E-state index in [1.165, 1.54) is 6.92 Å². The highest BCUT2D eigenvalue weighted by Crippen LogP contribution is 2.39. The monoisotopic (exact) mass is 370 g/mol. The molecular formula is C19H13F3N4O. The number of allylic oxidation sites excluding steroid dienone is 2. The Bertz CT molecular complexity index is 1120. The molecule has 1 unspecified atom stereocenters. The van der Waals surface area contributed by atoms with Crippen LogP contribution in [-0.2, 0) is 6.18 Å². The Morgan fingerprint density at radius 1 is 1.30 bits per heavy atom. The summed E-state index contributed by atoms with van der Waals surface area (Å²) in [6, 6.07) is 7.18. The predicted molar refractivity (Wildman–Crippen MR) is 91.7 cm³/mol. The number of phenolic OH excluding ortho intramolecular Hbond substituents is 1. The van der Waals surface area contributed by atoms with Crippen molar-refractivity contribution in [1.82, 2.24) is 14.8 Å². The third-order valence-corrected chi connectivity index (χ3v) is 4.59. The Hall–Kier alpha value is -3.34. The number of aryl methyl sites for hydroxylation is 1. The first-order valence-electron chi connectivity index (χ1n) is 8.14. The van der Waals surface area contributed by atoms with E-state index in [2.05, 4.69) is 16.2 Å². The largest absolute Gasteiger partial charge is 0.507 e. The number of phenols is 1. The molecule has 136 valence electrons. The number of alkyl halides is 3. The summed E-state index contributed by atoms with van der Waals surface area (Å²) in [5.74, 6) is -0.478. The summed E-state index contributed by atoms with van der Waals surface area (Å²) in [4.78, 5) is 4.40. The molecule has 1 N–H and O–H groups in total. The zero-order valence-corrected chi connectivity index (χ0v) is 14.1. The van der Waals surface area contributed by atoms with Gasteiger partial charge in [0.15, 0.2) is 5.65 Å². The van der Waals surface area contributed by atoms with E-state index >= 15 is 0 Å². The van der Waals surface area contributed by atoms with Crippen molar-refractivity contribution in [1.29, 1.82) is 5.26 Å². The average Bonchev–Trinajstić information content (AvgIpc) is 2.95. The fourth-order valence-electron chi connectivity index (χ4n) is 3.17. The molecule has 0 saturated carbocycles. The van der Waals surface area contributed by atoms with Crippen LogP contribution < -0.4 is 0 Å². The van der Waals surface area contributed by atoms with Gasteiger partial charge >= 0.3 is 6.18 Å². The van der Waals surface area contributed by atoms with E-state index in [0.717, 1.165) is 11.5 Å². The van der Waals surface area contributed by atoms with Crippen LogP contribution in [-0.4, -0.2) is 19.9 Å². The minimum atomic E-state index is -4.53. The van der Waals surface area contributed by atoms with Crippen LogP contribution in [0.1, 0.15) is 23.6 Å². The Kier molecular flexibility index (Phi) is 3.70. The van der Waals surface area contributed by atoms with Gasteiger partial charge in [-0.25, -0.2) is 4.98 Å². The molecule has 0 aliphatic heterocycles. The van der Waals surface area contributed by atoms with Gasteiger partial charge in [-0.05, 0) is 42.8 Å². The predicted octanol–water partition coefficient (Wildman–Crippen LogP) is 4.53. The third-order valence-electron chi connectivity index (χ3n) is 4.59. The number of nitrogens with zero attached hydrogens (tertiary/aromatic N) is 4. The summed E-state index contributed by atoms with van der Waals surface area (Å²) in [6.07, 6.45) is -0.300. The molecule has 1 aromatic carbocycles. The maximum atomic E-state index is 12.9. The summed E-state index contributed by atoms with van der Waals surface area (Å²) >= 11 is 0. The van der Waals surface area contributed by atoms with Crippen molar-refractivity contribution in [3.05, 3.63) is 53.2 Å². The molecule has 0 amide bonds. The number of aromatic hydroxyl groups is 1. The number of hydrogen-bond donors (Lipinski definition) is 1. The lowest BCUT2D eigenvalue weighted by atomic mass is 9.94. The highest BCUT2D eigenvalue weighted by Gasteiger charge is 2.32. The second kappa shape index (κ2) is 5.84. The van der Waals surface area contributed by atoms with E-state index in [4.69, 9.17) is 5.26 Å². The van der Waals surface area contributed by atoms with Crippen LogP contribution in [0.5, 0.6) is 5.75 Å². The smallest absolute Gasteiger partial charge is 0.416 e. The number of aromatic nitrogens is 3. The van der Waals surface area contributed by atoms with Gasteiger partial charge in [-0.1, -0.05) is 0 Å². The van der Waals surface area contributed by atoms with E-state index < -0.39 is 17.5 Å². The molecule has 27 heavy (non-hydrogen) atoms. The SMILES string of the molecule is Cc1cc(C(F)(F)F)cc(O)c1-c1ccc2cn(C3C=C(C#N)C3)nc2n1. The maximum absolute atomic E-state index is 12.9. The van der Waals surface area contributed by atoms with Crippen molar-refractivity contribution in [2.45, 2.75) is 25.6 Å². The molecule has 0 bridgehead atoms. The Morgan fingerprint density at radius 2 is 2.04 bits per heavy atom. The zero-order valence-electron chi connectivity index (χ0n) is 14.1. The van der Waals surface area contributed by atoms with Gasteiger partial charge in [0.1, 0.15) is 5.75 Å². The van der Waals surface area contributed by atoms with Gasteiger partial charge in [0, 0.05) is 29.1 Å². The lowest BCUT2D eigenvalue weighted by Gasteiger charge is -2.20. The first kappa shape index (κ1) is 17.1. The van der Waals surface area contributed by atoms with Crippen LogP contribution in [0, 0.1) is 18.3 Å². The van der Waals surface area contributed by atoms with E-state index in [-0.39, 0.29) is 17.2 Å². The van der Waals surface area contributed by atoms with Gasteiger partial charge in [-0.15, -0.1) is 0 Å². The molecule has 4 rings (SSSR count). The summed E-state index contributed by atoms with van der Waals surface area (Å²) in [5, 5.41) is 24.1. The van der Waals surface area contributed by atoms with E-state index in [0.29, 0.717) is 29.4 Å². The van der Waals surface area contributed by atoms with Gasteiger partial charge in [-0.3, -0.25) is 4.68 Å². The molecule has 2 aromatic heterocycles. The lowest BCUT2D eigenvalue weighted by Crippen LogP contribution is -2.15. The number of hydrogen-bond acceptors (Lipinski definition) is 4. The van der Waals surface area contributed by atoms with Crippen molar-refractivity contribution in [2.24, 2.45) is 0 Å². The molecule has 1 atom stereocenters. The van der Waals surface area contributed by atoms with Gasteiger partial charge < -0.3 is 5.11 Å². The van der Waals surface area contributed by atoms with E-state index in [1.807, 2.05) is 6.08 Å². The number of fused-ring (bicyclic) bond motifs is 1. The van der Waals surface area contributed by atoms with Crippen LogP contribution in [0.3, 0.4) is 0 Å². The molecule has 0 saturated heterocycles. The third kappa shape index (κ3) is 2.91. The van der Waals surface area contributed by atoms with Gasteiger partial charge in [0.2, 0.25) is 0 Å². The Balaban J connectivity index is 1.75. The minimum Gasteiger partial charge on any atom is -0.507 e. The van der Waals surface area contributed by atoms with Gasteiger partial charge in [0.25, 0.3) is 0 Å². The first-order chi connectivity index (χ1) is 12.8. The van der Waals surface area contributed by atoms with Crippen molar-refractivity contribution >= 4 is 11.0 Å². The van der Waals surface area contributed by atoms with Crippen LogP contribution in [0.15, 0.2) is 42.1 Å². The number of benzene rings is 1. The molecule has 0 radical (unpaired) electrons. The molecule has 5 nitrogen and oxygen atoms in total. The highest BCUT2D eigenvalue weighted by atomic mass is 19.4. The molecule has 3 aromatic rings. The molecule has 0 fully saturated rings. The summed E-state index contributed by atoms with van der Waals surface area (Å²) in [6.45, 7) is 1.50. The number of pyridine rings is 1. The Labute approximate surface area is 152 Å². The fraction of sp³-hybridized carbons (Fsp3) is 0.211. The first-order valence-corrected chi connectivity index (χ1v) is 8.14. The van der Waals surface area contributed by atoms with E-state index in [1.54, 1.807) is 23.0 Å². The standard InChI is InChI=1S/C19H13F3N4O/c1-10-4-13(19(20,21)22)7-16(27)17(10)15-3-2-12-9-26(25-18(12)24-15)14-5-11(6-14)8-23/h2-5,7,9,14,27H,6H2,1H3. The highest BCUT2D eigenvalue weighted by molar-refractivity contribution is 5.80. The lowest BCUT2D eigenvalue weighted by molar-refractivity contribution is -0.137. The molecule has 1 aliphatic rings.